The van der Waals surface area contributed by atoms with Crippen LogP contribution in [0.1, 0.15) is 11.5 Å². The van der Waals surface area contributed by atoms with Gasteiger partial charge in [0.25, 0.3) is 0 Å². The first-order chi connectivity index (χ1) is 12.1. The van der Waals surface area contributed by atoms with E-state index in [1.54, 1.807) is 13.2 Å². The smallest absolute Gasteiger partial charge is 0.336 e. The van der Waals surface area contributed by atoms with Gasteiger partial charge >= 0.3 is 5.63 Å². The summed E-state index contributed by atoms with van der Waals surface area (Å²) in [6.07, 6.45) is 0. The van der Waals surface area contributed by atoms with Crippen LogP contribution >= 0.6 is 0 Å². The Morgan fingerprint density at radius 2 is 1.96 bits per heavy atom. The summed E-state index contributed by atoms with van der Waals surface area (Å²) in [6.45, 7) is 2.30. The van der Waals surface area contributed by atoms with Crippen LogP contribution in [0.2, 0.25) is 0 Å². The van der Waals surface area contributed by atoms with Crippen LogP contribution in [0.5, 0.6) is 5.75 Å². The van der Waals surface area contributed by atoms with Crippen molar-refractivity contribution in [1.82, 2.24) is 4.98 Å². The molecule has 0 aliphatic rings. The second-order valence-electron chi connectivity index (χ2n) is 5.72. The molecule has 0 radical (unpaired) electrons. The van der Waals surface area contributed by atoms with Crippen molar-refractivity contribution in [2.75, 3.05) is 12.4 Å². The lowest BCUT2D eigenvalue weighted by molar-refractivity contribution is 0.414. The molecule has 0 spiro atoms. The Bertz CT molecular complexity index is 1130. The van der Waals surface area contributed by atoms with E-state index in [0.29, 0.717) is 23.8 Å². The molecule has 2 aromatic heterocycles. The number of hydrogen-bond donors (Lipinski definition) is 1. The van der Waals surface area contributed by atoms with Crippen molar-refractivity contribution < 1.29 is 13.6 Å². The molecule has 4 rings (SSSR count). The maximum atomic E-state index is 11.8. The first-order valence-electron chi connectivity index (χ1n) is 7.84. The largest absolute Gasteiger partial charge is 0.497 e. The molecule has 25 heavy (non-hydrogen) atoms. The lowest BCUT2D eigenvalue weighted by atomic mass is 10.1. The molecule has 0 fully saturated rings. The zero-order chi connectivity index (χ0) is 17.4. The topological polar surface area (TPSA) is 77.5 Å². The summed E-state index contributed by atoms with van der Waals surface area (Å²) in [5, 5.41) is 4.18. The molecule has 6 nitrogen and oxygen atoms in total. The maximum absolute atomic E-state index is 11.8. The molecule has 126 valence electrons. The van der Waals surface area contributed by atoms with E-state index in [0.717, 1.165) is 27.7 Å². The number of aromatic nitrogens is 1. The first-order valence-corrected chi connectivity index (χ1v) is 7.84. The molecule has 0 unspecified atom stereocenters. The van der Waals surface area contributed by atoms with Gasteiger partial charge in [-0.1, -0.05) is 0 Å². The van der Waals surface area contributed by atoms with Gasteiger partial charge in [0.1, 0.15) is 16.8 Å². The molecule has 4 aromatic rings. The number of rotatable bonds is 4. The van der Waals surface area contributed by atoms with Crippen molar-refractivity contribution in [3.63, 3.8) is 0 Å². The molecule has 0 aliphatic carbocycles. The molecule has 0 amide bonds. The van der Waals surface area contributed by atoms with Crippen LogP contribution in [0.3, 0.4) is 0 Å². The summed E-state index contributed by atoms with van der Waals surface area (Å²) in [5.41, 5.74) is 3.41. The monoisotopic (exact) mass is 336 g/mol. The van der Waals surface area contributed by atoms with E-state index >= 15 is 0 Å². The Hall–Kier alpha value is -3.28. The summed E-state index contributed by atoms with van der Waals surface area (Å²) in [5.74, 6) is 1.28. The Kier molecular flexibility index (Phi) is 3.65. The summed E-state index contributed by atoms with van der Waals surface area (Å²) < 4.78 is 15.9. The van der Waals surface area contributed by atoms with E-state index in [1.807, 2.05) is 37.3 Å². The van der Waals surface area contributed by atoms with Crippen LogP contribution < -0.4 is 15.7 Å². The van der Waals surface area contributed by atoms with Gasteiger partial charge in [-0.25, -0.2) is 9.78 Å². The Labute approximate surface area is 143 Å². The van der Waals surface area contributed by atoms with Crippen LogP contribution in [0.15, 0.2) is 56.1 Å². The standard InChI is InChI=1S/C19H16N2O4/c1-11-21-16-8-13(3-6-17(16)24-11)20-10-12-7-19(22)25-18-9-14(23-2)4-5-15(12)18/h3-9,20H,10H2,1-2H3. The average molecular weight is 336 g/mol. The van der Waals surface area contributed by atoms with Gasteiger partial charge in [0.15, 0.2) is 11.5 Å². The minimum atomic E-state index is -0.389. The Morgan fingerprint density at radius 3 is 2.80 bits per heavy atom. The van der Waals surface area contributed by atoms with Gasteiger partial charge in [0.05, 0.1) is 7.11 Å². The fourth-order valence-electron chi connectivity index (χ4n) is 2.83. The van der Waals surface area contributed by atoms with Crippen molar-refractivity contribution in [3.05, 3.63) is 64.3 Å². The SMILES string of the molecule is COc1ccc2c(CNc3ccc4oc(C)nc4c3)cc(=O)oc2c1. The predicted octanol–water partition coefficient (Wildman–Crippen LogP) is 3.86. The minimum absolute atomic E-state index is 0.389. The number of benzene rings is 2. The number of ether oxygens (including phenoxy) is 1. The lowest BCUT2D eigenvalue weighted by Gasteiger charge is -2.09. The van der Waals surface area contributed by atoms with E-state index in [9.17, 15) is 4.79 Å². The van der Waals surface area contributed by atoms with Crippen molar-refractivity contribution in [3.8, 4) is 5.75 Å². The van der Waals surface area contributed by atoms with Crippen LogP contribution in [0.25, 0.3) is 22.1 Å². The highest BCUT2D eigenvalue weighted by Crippen LogP contribution is 2.24. The number of oxazole rings is 1. The van der Waals surface area contributed by atoms with Crippen molar-refractivity contribution in [2.24, 2.45) is 0 Å². The summed E-state index contributed by atoms with van der Waals surface area (Å²) >= 11 is 0. The minimum Gasteiger partial charge on any atom is -0.497 e. The third-order valence-corrected chi connectivity index (χ3v) is 4.01. The molecule has 0 saturated carbocycles. The van der Waals surface area contributed by atoms with Gasteiger partial charge < -0.3 is 18.9 Å². The van der Waals surface area contributed by atoms with E-state index in [2.05, 4.69) is 10.3 Å². The molecule has 6 heteroatoms. The normalized spacial score (nSPS) is 11.1. The molecular weight excluding hydrogens is 320 g/mol. The third-order valence-electron chi connectivity index (χ3n) is 4.01. The van der Waals surface area contributed by atoms with Crippen molar-refractivity contribution in [1.29, 1.82) is 0 Å². The lowest BCUT2D eigenvalue weighted by Crippen LogP contribution is -2.05. The number of nitrogens with zero attached hydrogens (tertiary/aromatic N) is 1. The summed E-state index contributed by atoms with van der Waals surface area (Å²) in [7, 11) is 1.58. The van der Waals surface area contributed by atoms with Crippen LogP contribution in [0, 0.1) is 6.92 Å². The molecular formula is C19H16N2O4. The molecule has 0 bridgehead atoms. The fourth-order valence-corrected chi connectivity index (χ4v) is 2.83. The number of methoxy groups -OCH3 is 1. The highest BCUT2D eigenvalue weighted by molar-refractivity contribution is 5.82. The van der Waals surface area contributed by atoms with Crippen LogP contribution in [-0.4, -0.2) is 12.1 Å². The molecule has 0 aliphatic heterocycles. The third kappa shape index (κ3) is 2.94. The van der Waals surface area contributed by atoms with Gasteiger partial charge in [0.2, 0.25) is 0 Å². The van der Waals surface area contributed by atoms with Gasteiger partial charge in [-0.15, -0.1) is 0 Å². The van der Waals surface area contributed by atoms with Crippen LogP contribution in [0.4, 0.5) is 5.69 Å². The first kappa shape index (κ1) is 15.3. The maximum Gasteiger partial charge on any atom is 0.336 e. The molecule has 0 saturated heterocycles. The van der Waals surface area contributed by atoms with E-state index in [1.165, 1.54) is 6.07 Å². The van der Waals surface area contributed by atoms with E-state index < -0.39 is 0 Å². The van der Waals surface area contributed by atoms with Gasteiger partial charge in [-0.05, 0) is 35.9 Å². The van der Waals surface area contributed by atoms with Crippen molar-refractivity contribution >= 4 is 27.8 Å². The van der Waals surface area contributed by atoms with Crippen LogP contribution in [-0.2, 0) is 6.54 Å². The molecule has 1 N–H and O–H groups in total. The zero-order valence-corrected chi connectivity index (χ0v) is 13.8. The second-order valence-corrected chi connectivity index (χ2v) is 5.72. The van der Waals surface area contributed by atoms with Gasteiger partial charge in [-0.3, -0.25) is 0 Å². The number of fused-ring (bicyclic) bond motifs is 2. The molecule has 2 heterocycles. The molecule has 2 aromatic carbocycles. The Morgan fingerprint density at radius 1 is 1.08 bits per heavy atom. The summed E-state index contributed by atoms with van der Waals surface area (Å²) in [4.78, 5) is 16.2. The zero-order valence-electron chi connectivity index (χ0n) is 13.8. The number of hydrogen-bond acceptors (Lipinski definition) is 6. The number of nitrogens with one attached hydrogen (secondary N) is 1. The fraction of sp³-hybridized carbons (Fsp3) is 0.158. The second kappa shape index (κ2) is 5.98. The van der Waals surface area contributed by atoms with E-state index in [-0.39, 0.29) is 5.63 Å². The number of aryl methyl sites for hydroxylation is 1. The van der Waals surface area contributed by atoms with Gasteiger partial charge in [0, 0.05) is 36.7 Å². The predicted molar refractivity (Wildman–Crippen MR) is 95.1 cm³/mol. The van der Waals surface area contributed by atoms with E-state index in [4.69, 9.17) is 13.6 Å². The highest BCUT2D eigenvalue weighted by Gasteiger charge is 2.08. The van der Waals surface area contributed by atoms with Gasteiger partial charge in [-0.2, -0.15) is 0 Å². The Balaban J connectivity index is 1.66. The van der Waals surface area contributed by atoms with Crippen molar-refractivity contribution in [2.45, 2.75) is 13.5 Å². The highest BCUT2D eigenvalue weighted by atomic mass is 16.5. The molecule has 0 atom stereocenters. The average Bonchev–Trinajstić information content (AvgIpc) is 2.98. The quantitative estimate of drug-likeness (QED) is 0.570. The summed E-state index contributed by atoms with van der Waals surface area (Å²) in [6, 6.07) is 12.7. The number of anilines is 1.